The number of carbonyl (C=O) groups excluding carboxylic acids is 1. The van der Waals surface area contributed by atoms with Gasteiger partial charge in [0.2, 0.25) is 5.91 Å². The third-order valence-electron chi connectivity index (χ3n) is 4.70. The summed E-state index contributed by atoms with van der Waals surface area (Å²) in [6, 6.07) is 9.74. The van der Waals surface area contributed by atoms with Crippen molar-refractivity contribution in [2.24, 2.45) is 5.73 Å². The molecule has 1 aliphatic rings. The Bertz CT molecular complexity index is 659. The van der Waals surface area contributed by atoms with E-state index < -0.39 is 5.54 Å². The molecular weight excluding hydrogens is 288 g/mol. The first-order valence-corrected chi connectivity index (χ1v) is 8.29. The Morgan fingerprint density at radius 3 is 2.70 bits per heavy atom. The molecule has 0 bridgehead atoms. The fourth-order valence-corrected chi connectivity index (χ4v) is 3.30. The number of nitrogens with zero attached hydrogens (tertiary/aromatic N) is 2. The van der Waals surface area contributed by atoms with E-state index in [1.54, 1.807) is 6.20 Å². The van der Waals surface area contributed by atoms with Gasteiger partial charge >= 0.3 is 0 Å². The van der Waals surface area contributed by atoms with Gasteiger partial charge in [0.25, 0.3) is 0 Å². The summed E-state index contributed by atoms with van der Waals surface area (Å²) in [4.78, 5) is 12.6. The molecule has 0 saturated heterocycles. The molecule has 0 aliphatic heterocycles. The second kappa shape index (κ2) is 6.54. The van der Waals surface area contributed by atoms with Gasteiger partial charge in [-0.2, -0.15) is 5.10 Å². The monoisotopic (exact) mass is 312 g/mol. The van der Waals surface area contributed by atoms with Gasteiger partial charge in [0.05, 0.1) is 17.3 Å². The van der Waals surface area contributed by atoms with Crippen LogP contribution in [0.4, 0.5) is 0 Å². The quantitative estimate of drug-likeness (QED) is 0.911. The first kappa shape index (κ1) is 15.7. The van der Waals surface area contributed by atoms with Crippen LogP contribution in [0.3, 0.4) is 0 Å². The molecule has 0 spiro atoms. The highest BCUT2D eigenvalue weighted by Gasteiger charge is 2.36. The summed E-state index contributed by atoms with van der Waals surface area (Å²) < 4.78 is 1.82. The molecule has 1 fully saturated rings. The number of aromatic nitrogens is 2. The summed E-state index contributed by atoms with van der Waals surface area (Å²) in [6.07, 6.45) is 8.42. The van der Waals surface area contributed by atoms with E-state index in [2.05, 4.69) is 10.4 Å². The maximum atomic E-state index is 12.6. The van der Waals surface area contributed by atoms with Crippen LogP contribution in [0.15, 0.2) is 42.7 Å². The van der Waals surface area contributed by atoms with Crippen LogP contribution >= 0.6 is 0 Å². The Hall–Kier alpha value is -2.14. The zero-order valence-electron chi connectivity index (χ0n) is 13.5. The van der Waals surface area contributed by atoms with Gasteiger partial charge in [0.15, 0.2) is 0 Å². The Morgan fingerprint density at radius 1 is 1.26 bits per heavy atom. The lowest BCUT2D eigenvalue weighted by Gasteiger charge is -2.33. The van der Waals surface area contributed by atoms with Crippen LogP contribution in [0, 0.1) is 0 Å². The normalized spacial score (nSPS) is 18.3. The van der Waals surface area contributed by atoms with Gasteiger partial charge < -0.3 is 11.1 Å². The highest BCUT2D eigenvalue weighted by molar-refractivity contribution is 5.86. The van der Waals surface area contributed by atoms with Gasteiger partial charge in [0, 0.05) is 12.4 Å². The van der Waals surface area contributed by atoms with Crippen LogP contribution in [0.25, 0.3) is 5.69 Å². The maximum Gasteiger partial charge on any atom is 0.240 e. The summed E-state index contributed by atoms with van der Waals surface area (Å²) in [5.74, 6) is -0.0417. The number of hydrogen-bond acceptors (Lipinski definition) is 3. The molecule has 1 heterocycles. The van der Waals surface area contributed by atoms with Gasteiger partial charge in [-0.3, -0.25) is 4.79 Å². The molecule has 1 saturated carbocycles. The second-order valence-corrected chi connectivity index (χ2v) is 6.42. The van der Waals surface area contributed by atoms with Crippen LogP contribution in [-0.4, -0.2) is 21.2 Å². The van der Waals surface area contributed by atoms with Crippen molar-refractivity contribution in [1.82, 2.24) is 15.1 Å². The van der Waals surface area contributed by atoms with Gasteiger partial charge in [-0.25, -0.2) is 4.68 Å². The standard InChI is InChI=1S/C18H24N4O/c1-14(21-17(23)18(19)10-5-2-6-11-18)15-8-3-4-9-16(15)22-13-7-12-20-22/h3-4,7-9,12-14H,2,5-6,10-11,19H2,1H3,(H,21,23). The molecule has 5 heteroatoms. The number of para-hydroxylation sites is 1. The third-order valence-corrected chi connectivity index (χ3v) is 4.70. The minimum absolute atomic E-state index is 0.0417. The maximum absolute atomic E-state index is 12.6. The van der Waals surface area contributed by atoms with Crippen LogP contribution in [-0.2, 0) is 4.79 Å². The van der Waals surface area contributed by atoms with Crippen molar-refractivity contribution in [3.05, 3.63) is 48.3 Å². The lowest BCUT2D eigenvalue weighted by atomic mass is 9.81. The zero-order valence-corrected chi connectivity index (χ0v) is 13.5. The summed E-state index contributed by atoms with van der Waals surface area (Å²) in [7, 11) is 0. The first-order chi connectivity index (χ1) is 11.1. The SMILES string of the molecule is CC(NC(=O)C1(N)CCCCC1)c1ccccc1-n1cccn1. The molecule has 1 aliphatic carbocycles. The Labute approximate surface area is 136 Å². The van der Waals surface area contributed by atoms with E-state index in [-0.39, 0.29) is 11.9 Å². The number of rotatable bonds is 4. The molecular formula is C18H24N4O. The Kier molecular flexibility index (Phi) is 4.48. The van der Waals surface area contributed by atoms with E-state index in [1.165, 1.54) is 6.42 Å². The van der Waals surface area contributed by atoms with Gasteiger partial charge in [-0.05, 0) is 37.5 Å². The average molecular weight is 312 g/mol. The molecule has 122 valence electrons. The zero-order chi connectivity index (χ0) is 16.3. The second-order valence-electron chi connectivity index (χ2n) is 6.42. The van der Waals surface area contributed by atoms with Crippen LogP contribution in [0.5, 0.6) is 0 Å². The van der Waals surface area contributed by atoms with Crippen molar-refractivity contribution < 1.29 is 4.79 Å². The molecule has 23 heavy (non-hydrogen) atoms. The number of amides is 1. The molecule has 3 rings (SSSR count). The Morgan fingerprint density at radius 2 is 2.00 bits per heavy atom. The highest BCUT2D eigenvalue weighted by Crippen LogP contribution is 2.28. The average Bonchev–Trinajstić information content (AvgIpc) is 3.10. The van der Waals surface area contributed by atoms with Crippen LogP contribution < -0.4 is 11.1 Å². The number of carbonyl (C=O) groups is 1. The van der Waals surface area contributed by atoms with Crippen molar-refractivity contribution in [3.63, 3.8) is 0 Å². The minimum atomic E-state index is -0.715. The van der Waals surface area contributed by atoms with Crippen molar-refractivity contribution in [3.8, 4) is 5.69 Å². The van der Waals surface area contributed by atoms with E-state index in [1.807, 2.05) is 48.1 Å². The van der Waals surface area contributed by atoms with Gasteiger partial charge in [0.1, 0.15) is 0 Å². The van der Waals surface area contributed by atoms with E-state index in [9.17, 15) is 4.79 Å². The smallest absolute Gasteiger partial charge is 0.240 e. The molecule has 0 radical (unpaired) electrons. The highest BCUT2D eigenvalue weighted by atomic mass is 16.2. The summed E-state index contributed by atoms with van der Waals surface area (Å²) in [5, 5.41) is 7.40. The van der Waals surface area contributed by atoms with E-state index in [0.717, 1.165) is 36.9 Å². The van der Waals surface area contributed by atoms with Crippen molar-refractivity contribution >= 4 is 5.91 Å². The third kappa shape index (κ3) is 3.29. The van der Waals surface area contributed by atoms with E-state index >= 15 is 0 Å². The first-order valence-electron chi connectivity index (χ1n) is 8.29. The summed E-state index contributed by atoms with van der Waals surface area (Å²) in [5.41, 5.74) is 7.62. The molecule has 1 aromatic heterocycles. The number of nitrogens with one attached hydrogen (secondary N) is 1. The lowest BCUT2D eigenvalue weighted by molar-refractivity contribution is -0.128. The molecule has 1 atom stereocenters. The summed E-state index contributed by atoms with van der Waals surface area (Å²) >= 11 is 0. The Balaban J connectivity index is 1.79. The van der Waals surface area contributed by atoms with Crippen molar-refractivity contribution in [1.29, 1.82) is 0 Å². The van der Waals surface area contributed by atoms with Crippen molar-refractivity contribution in [2.75, 3.05) is 0 Å². The molecule has 2 aromatic rings. The van der Waals surface area contributed by atoms with E-state index in [4.69, 9.17) is 5.73 Å². The number of hydrogen-bond donors (Lipinski definition) is 2. The molecule has 1 unspecified atom stereocenters. The van der Waals surface area contributed by atoms with E-state index in [0.29, 0.717) is 0 Å². The number of benzene rings is 1. The lowest BCUT2D eigenvalue weighted by Crippen LogP contribution is -2.55. The largest absolute Gasteiger partial charge is 0.348 e. The fourth-order valence-electron chi connectivity index (χ4n) is 3.30. The molecule has 5 nitrogen and oxygen atoms in total. The van der Waals surface area contributed by atoms with Crippen LogP contribution in [0.2, 0.25) is 0 Å². The molecule has 3 N–H and O–H groups in total. The van der Waals surface area contributed by atoms with Crippen LogP contribution in [0.1, 0.15) is 50.6 Å². The predicted octanol–water partition coefficient (Wildman–Crippen LogP) is 2.71. The minimum Gasteiger partial charge on any atom is -0.348 e. The van der Waals surface area contributed by atoms with Crippen molar-refractivity contribution in [2.45, 2.75) is 50.6 Å². The predicted molar refractivity (Wildman–Crippen MR) is 90.1 cm³/mol. The summed E-state index contributed by atoms with van der Waals surface area (Å²) in [6.45, 7) is 1.99. The molecule has 1 aromatic carbocycles. The topological polar surface area (TPSA) is 72.9 Å². The van der Waals surface area contributed by atoms with Gasteiger partial charge in [-0.1, -0.05) is 37.5 Å². The fraction of sp³-hybridized carbons (Fsp3) is 0.444. The molecule has 1 amide bonds. The van der Waals surface area contributed by atoms with Gasteiger partial charge in [-0.15, -0.1) is 0 Å². The number of nitrogens with two attached hydrogens (primary N) is 1.